The lowest BCUT2D eigenvalue weighted by Gasteiger charge is -2.04. The number of fused-ring (bicyclic) bond motifs is 6. The Morgan fingerprint density at radius 1 is 0.643 bits per heavy atom. The van der Waals surface area contributed by atoms with Gasteiger partial charge in [0.15, 0.2) is 6.20 Å². The van der Waals surface area contributed by atoms with Crippen molar-refractivity contribution in [3.8, 4) is 11.3 Å². The topological polar surface area (TPSA) is 30.2 Å². The lowest BCUT2D eigenvalue weighted by molar-refractivity contribution is -0.660. The van der Waals surface area contributed by atoms with E-state index in [9.17, 15) is 0 Å². The van der Waals surface area contributed by atoms with Crippen LogP contribution in [0, 0.1) is 6.92 Å². The fourth-order valence-electron chi connectivity index (χ4n) is 4.23. The van der Waals surface area contributed by atoms with Crippen molar-refractivity contribution in [2.45, 2.75) is 6.92 Å². The Hall–Kier alpha value is -3.59. The van der Waals surface area contributed by atoms with Crippen LogP contribution in [0.1, 0.15) is 5.56 Å². The van der Waals surface area contributed by atoms with E-state index in [0.29, 0.717) is 0 Å². The van der Waals surface area contributed by atoms with Gasteiger partial charge in [-0.25, -0.2) is 4.57 Å². The second kappa shape index (κ2) is 5.46. The normalized spacial score (nSPS) is 11.9. The second-order valence-electron chi connectivity index (χ2n) is 7.40. The molecule has 0 aliphatic heterocycles. The van der Waals surface area contributed by atoms with Crippen molar-refractivity contribution < 1.29 is 13.4 Å². The first kappa shape index (κ1) is 15.5. The maximum atomic E-state index is 6.28. The van der Waals surface area contributed by atoms with Gasteiger partial charge in [-0.15, -0.1) is 0 Å². The van der Waals surface area contributed by atoms with E-state index in [-0.39, 0.29) is 0 Å². The summed E-state index contributed by atoms with van der Waals surface area (Å²) in [5.74, 6) is 0. The number of hydrogen-bond donors (Lipinski definition) is 0. The van der Waals surface area contributed by atoms with Gasteiger partial charge < -0.3 is 8.83 Å². The molecule has 0 atom stereocenters. The molecule has 3 aromatic heterocycles. The number of rotatable bonds is 1. The molecule has 3 heteroatoms. The van der Waals surface area contributed by atoms with Gasteiger partial charge in [-0.05, 0) is 48.9 Å². The summed E-state index contributed by atoms with van der Waals surface area (Å²) in [6, 6.07) is 23.0. The van der Waals surface area contributed by atoms with Gasteiger partial charge in [0.1, 0.15) is 29.4 Å². The van der Waals surface area contributed by atoms with Crippen molar-refractivity contribution in [3.63, 3.8) is 0 Å². The summed E-state index contributed by atoms with van der Waals surface area (Å²) in [6.07, 6.45) is 2.07. The van der Waals surface area contributed by atoms with Crippen LogP contribution in [-0.4, -0.2) is 0 Å². The zero-order valence-corrected chi connectivity index (χ0v) is 15.7. The van der Waals surface area contributed by atoms with Gasteiger partial charge in [-0.2, -0.15) is 0 Å². The summed E-state index contributed by atoms with van der Waals surface area (Å²) in [7, 11) is 2.07. The molecule has 6 rings (SSSR count). The van der Waals surface area contributed by atoms with Crippen LogP contribution < -0.4 is 4.57 Å². The molecule has 6 aromatic rings. The minimum atomic E-state index is 0.892. The molecule has 3 heterocycles. The number of furan rings is 2. The molecule has 0 spiro atoms. The Balaban J connectivity index is 1.67. The van der Waals surface area contributed by atoms with E-state index in [1.165, 1.54) is 16.8 Å². The molecule has 0 saturated heterocycles. The van der Waals surface area contributed by atoms with E-state index in [0.717, 1.165) is 43.9 Å². The van der Waals surface area contributed by atoms with Crippen LogP contribution in [0.25, 0.3) is 55.1 Å². The van der Waals surface area contributed by atoms with Crippen molar-refractivity contribution in [1.82, 2.24) is 0 Å². The van der Waals surface area contributed by atoms with Crippen LogP contribution in [-0.2, 0) is 7.05 Å². The SMILES string of the molecule is Cc1cc2c(cc1-c1cccc[n+]1C)oc1cc3c(cc12)oc1ccccc13. The Morgan fingerprint density at radius 2 is 1.29 bits per heavy atom. The van der Waals surface area contributed by atoms with Crippen LogP contribution in [0.2, 0.25) is 0 Å². The standard InChI is InChI=1S/C25H18NO2/c1-15-11-18-20-14-24-19(16-7-3-4-9-22(16)27-24)13-25(20)28-23(18)12-17(15)21-8-5-6-10-26(21)2/h3-14H,1-2H3/q+1. The lowest BCUT2D eigenvalue weighted by Crippen LogP contribution is -2.30. The first-order valence-corrected chi connectivity index (χ1v) is 9.42. The highest BCUT2D eigenvalue weighted by molar-refractivity contribution is 6.15. The van der Waals surface area contributed by atoms with E-state index in [2.05, 4.69) is 67.2 Å². The van der Waals surface area contributed by atoms with Gasteiger partial charge in [0, 0.05) is 33.7 Å². The maximum absolute atomic E-state index is 6.28. The van der Waals surface area contributed by atoms with Crippen LogP contribution in [0.4, 0.5) is 0 Å². The summed E-state index contributed by atoms with van der Waals surface area (Å²) >= 11 is 0. The second-order valence-corrected chi connectivity index (χ2v) is 7.40. The van der Waals surface area contributed by atoms with E-state index in [1.54, 1.807) is 0 Å². The van der Waals surface area contributed by atoms with Gasteiger partial charge in [-0.1, -0.05) is 18.2 Å². The molecule has 0 unspecified atom stereocenters. The molecule has 0 aliphatic carbocycles. The van der Waals surface area contributed by atoms with E-state index >= 15 is 0 Å². The number of para-hydroxylation sites is 1. The highest BCUT2D eigenvalue weighted by atomic mass is 16.3. The molecule has 0 N–H and O–H groups in total. The van der Waals surface area contributed by atoms with Gasteiger partial charge in [0.2, 0.25) is 5.69 Å². The van der Waals surface area contributed by atoms with Crippen LogP contribution in [0.5, 0.6) is 0 Å². The first-order valence-electron chi connectivity index (χ1n) is 9.42. The summed E-state index contributed by atoms with van der Waals surface area (Å²) in [5, 5.41) is 4.42. The predicted octanol–water partition coefficient (Wildman–Crippen LogP) is 6.29. The molecule has 0 radical (unpaired) electrons. The average molecular weight is 364 g/mol. The number of pyridine rings is 1. The minimum Gasteiger partial charge on any atom is -0.456 e. The maximum Gasteiger partial charge on any atom is 0.212 e. The van der Waals surface area contributed by atoms with E-state index < -0.39 is 0 Å². The van der Waals surface area contributed by atoms with E-state index in [1.807, 2.05) is 24.3 Å². The van der Waals surface area contributed by atoms with Crippen molar-refractivity contribution in [2.24, 2.45) is 7.05 Å². The fraction of sp³-hybridized carbons (Fsp3) is 0.0800. The number of aryl methyl sites for hydroxylation is 2. The predicted molar refractivity (Wildman–Crippen MR) is 112 cm³/mol. The largest absolute Gasteiger partial charge is 0.456 e. The smallest absolute Gasteiger partial charge is 0.212 e. The lowest BCUT2D eigenvalue weighted by atomic mass is 10.0. The third-order valence-corrected chi connectivity index (χ3v) is 5.65. The zero-order valence-electron chi connectivity index (χ0n) is 15.7. The first-order chi connectivity index (χ1) is 13.7. The van der Waals surface area contributed by atoms with Crippen LogP contribution >= 0.6 is 0 Å². The number of benzene rings is 3. The van der Waals surface area contributed by atoms with Gasteiger partial charge in [0.25, 0.3) is 0 Å². The van der Waals surface area contributed by atoms with Gasteiger partial charge in [-0.3, -0.25) is 0 Å². The molecular weight excluding hydrogens is 346 g/mol. The van der Waals surface area contributed by atoms with Crippen LogP contribution in [0.15, 0.2) is 81.8 Å². The summed E-state index contributed by atoms with van der Waals surface area (Å²) in [4.78, 5) is 0. The van der Waals surface area contributed by atoms with E-state index in [4.69, 9.17) is 8.83 Å². The highest BCUT2D eigenvalue weighted by Crippen LogP contribution is 2.38. The monoisotopic (exact) mass is 364 g/mol. The molecule has 0 saturated carbocycles. The van der Waals surface area contributed by atoms with Crippen molar-refractivity contribution in [2.75, 3.05) is 0 Å². The Bertz CT molecular complexity index is 1530. The summed E-state index contributed by atoms with van der Waals surface area (Å²) in [5.41, 5.74) is 7.17. The molecule has 3 aromatic carbocycles. The quantitative estimate of drug-likeness (QED) is 0.321. The van der Waals surface area contributed by atoms with Crippen molar-refractivity contribution >= 4 is 43.9 Å². The molecule has 0 amide bonds. The number of hydrogen-bond acceptors (Lipinski definition) is 2. The Morgan fingerprint density at radius 3 is 2.11 bits per heavy atom. The third-order valence-electron chi connectivity index (χ3n) is 5.65. The Kier molecular flexibility index (Phi) is 3.01. The fourth-order valence-corrected chi connectivity index (χ4v) is 4.23. The number of aromatic nitrogens is 1. The average Bonchev–Trinajstić information content (AvgIpc) is 3.23. The molecule has 3 nitrogen and oxygen atoms in total. The molecule has 134 valence electrons. The summed E-state index contributed by atoms with van der Waals surface area (Å²) in [6.45, 7) is 2.15. The van der Waals surface area contributed by atoms with Gasteiger partial charge >= 0.3 is 0 Å². The molecule has 28 heavy (non-hydrogen) atoms. The summed E-state index contributed by atoms with van der Waals surface area (Å²) < 4.78 is 14.5. The third kappa shape index (κ3) is 2.07. The highest BCUT2D eigenvalue weighted by Gasteiger charge is 2.17. The van der Waals surface area contributed by atoms with Crippen molar-refractivity contribution in [1.29, 1.82) is 0 Å². The molecule has 0 aliphatic rings. The molecule has 0 fully saturated rings. The van der Waals surface area contributed by atoms with Crippen molar-refractivity contribution in [3.05, 3.63) is 78.5 Å². The molecular formula is C25H18NO2+. The van der Waals surface area contributed by atoms with Gasteiger partial charge in [0.05, 0.1) is 5.56 Å². The Labute approximate surface area is 161 Å². The van der Waals surface area contributed by atoms with Crippen LogP contribution in [0.3, 0.4) is 0 Å². The minimum absolute atomic E-state index is 0.892. The number of nitrogens with zero attached hydrogens (tertiary/aromatic N) is 1. The zero-order chi connectivity index (χ0) is 18.8. The molecule has 0 bridgehead atoms.